The third-order valence-corrected chi connectivity index (χ3v) is 5.05. The van der Waals surface area contributed by atoms with Crippen molar-refractivity contribution in [1.82, 2.24) is 9.55 Å². The molecule has 4 aromatic rings. The number of aromatic nitrogens is 2. The van der Waals surface area contributed by atoms with Crippen molar-refractivity contribution in [3.05, 3.63) is 90.3 Å². The van der Waals surface area contributed by atoms with E-state index in [9.17, 15) is 0 Å². The Balaban J connectivity index is 1.42. The Labute approximate surface area is 171 Å². The van der Waals surface area contributed by atoms with Crippen molar-refractivity contribution >= 4 is 11.0 Å². The molecule has 0 bridgehead atoms. The number of aryl methyl sites for hydroxylation is 3. The fourth-order valence-electron chi connectivity index (χ4n) is 3.57. The van der Waals surface area contributed by atoms with Gasteiger partial charge >= 0.3 is 0 Å². The summed E-state index contributed by atoms with van der Waals surface area (Å²) in [5.74, 6) is 2.78. The predicted octanol–water partition coefficient (Wildman–Crippen LogP) is 5.30. The molecule has 0 N–H and O–H groups in total. The number of hydrogen-bond acceptors (Lipinski definition) is 3. The lowest BCUT2D eigenvalue weighted by Gasteiger charge is -2.11. The van der Waals surface area contributed by atoms with E-state index in [0.29, 0.717) is 6.61 Å². The first-order valence-electron chi connectivity index (χ1n) is 10.1. The zero-order valence-electron chi connectivity index (χ0n) is 16.8. The maximum absolute atomic E-state index is 5.91. The van der Waals surface area contributed by atoms with Crippen molar-refractivity contribution in [2.75, 3.05) is 13.7 Å². The van der Waals surface area contributed by atoms with Gasteiger partial charge in [0, 0.05) is 19.0 Å². The van der Waals surface area contributed by atoms with Crippen LogP contribution in [0.3, 0.4) is 0 Å². The average molecular weight is 386 g/mol. The van der Waals surface area contributed by atoms with Gasteiger partial charge in [-0.15, -0.1) is 0 Å². The molecule has 29 heavy (non-hydrogen) atoms. The van der Waals surface area contributed by atoms with Crippen molar-refractivity contribution in [3.63, 3.8) is 0 Å². The minimum Gasteiger partial charge on any atom is -0.497 e. The number of hydrogen-bond donors (Lipinski definition) is 0. The Kier molecular flexibility index (Phi) is 6.10. The number of benzene rings is 3. The summed E-state index contributed by atoms with van der Waals surface area (Å²) in [7, 11) is 1.67. The van der Waals surface area contributed by atoms with E-state index in [1.54, 1.807) is 7.11 Å². The maximum Gasteiger partial charge on any atom is 0.122 e. The molecule has 0 aliphatic rings. The lowest BCUT2D eigenvalue weighted by atomic mass is 10.1. The Morgan fingerprint density at radius 1 is 0.828 bits per heavy atom. The lowest BCUT2D eigenvalue weighted by molar-refractivity contribution is 0.299. The van der Waals surface area contributed by atoms with E-state index in [1.165, 1.54) is 11.1 Å². The van der Waals surface area contributed by atoms with Crippen LogP contribution in [0.15, 0.2) is 78.9 Å². The molecule has 1 aromatic heterocycles. The molecule has 1 heterocycles. The Bertz CT molecular complexity index is 1060. The molecule has 3 aromatic carbocycles. The molecule has 0 unspecified atom stereocenters. The first-order valence-corrected chi connectivity index (χ1v) is 10.1. The van der Waals surface area contributed by atoms with Crippen LogP contribution in [0.2, 0.25) is 0 Å². The van der Waals surface area contributed by atoms with Crippen molar-refractivity contribution in [2.45, 2.75) is 25.8 Å². The van der Waals surface area contributed by atoms with Gasteiger partial charge in [-0.3, -0.25) is 0 Å². The van der Waals surface area contributed by atoms with Crippen molar-refractivity contribution in [1.29, 1.82) is 0 Å². The zero-order valence-corrected chi connectivity index (χ0v) is 16.8. The van der Waals surface area contributed by atoms with E-state index in [-0.39, 0.29) is 0 Å². The molecule has 148 valence electrons. The third kappa shape index (κ3) is 4.77. The Morgan fingerprint density at radius 2 is 1.62 bits per heavy atom. The summed E-state index contributed by atoms with van der Waals surface area (Å²) >= 11 is 0. The molecular weight excluding hydrogens is 360 g/mol. The summed E-state index contributed by atoms with van der Waals surface area (Å²) in [6, 6.07) is 26.7. The lowest BCUT2D eigenvalue weighted by Crippen LogP contribution is -2.09. The second kappa shape index (κ2) is 9.28. The maximum atomic E-state index is 5.91. The monoisotopic (exact) mass is 386 g/mol. The van der Waals surface area contributed by atoms with Crippen LogP contribution in [-0.4, -0.2) is 23.3 Å². The standard InChI is InChI=1S/C25H26N2O2/c1-28-21-11-7-12-22(19-21)29-18-8-17-27-24-14-6-5-13-23(24)26-25(27)16-15-20-9-3-2-4-10-20/h2-7,9-14,19H,8,15-18H2,1H3. The molecule has 0 spiro atoms. The Hall–Kier alpha value is -3.27. The highest BCUT2D eigenvalue weighted by molar-refractivity contribution is 5.75. The van der Waals surface area contributed by atoms with Crippen LogP contribution in [0.1, 0.15) is 17.8 Å². The smallest absolute Gasteiger partial charge is 0.122 e. The molecule has 0 saturated carbocycles. The fraction of sp³-hybridized carbons (Fsp3) is 0.240. The molecule has 0 fully saturated rings. The molecule has 4 heteroatoms. The minimum atomic E-state index is 0.651. The van der Waals surface area contributed by atoms with Crippen LogP contribution >= 0.6 is 0 Å². The molecule has 0 aliphatic heterocycles. The summed E-state index contributed by atoms with van der Waals surface area (Å²) in [6.45, 7) is 1.53. The van der Waals surface area contributed by atoms with Gasteiger partial charge in [0.2, 0.25) is 0 Å². The number of fused-ring (bicyclic) bond motifs is 1. The molecule has 0 aliphatic carbocycles. The summed E-state index contributed by atoms with van der Waals surface area (Å²) in [4.78, 5) is 4.89. The number of nitrogens with zero attached hydrogens (tertiary/aromatic N) is 2. The molecule has 4 nitrogen and oxygen atoms in total. The predicted molar refractivity (Wildman–Crippen MR) is 117 cm³/mol. The van der Waals surface area contributed by atoms with Gasteiger partial charge in [0.25, 0.3) is 0 Å². The normalized spacial score (nSPS) is 10.9. The van der Waals surface area contributed by atoms with E-state index in [0.717, 1.165) is 48.6 Å². The number of para-hydroxylation sites is 2. The van der Waals surface area contributed by atoms with Crippen LogP contribution < -0.4 is 9.47 Å². The van der Waals surface area contributed by atoms with Crippen LogP contribution in [-0.2, 0) is 19.4 Å². The van der Waals surface area contributed by atoms with Crippen LogP contribution in [0.5, 0.6) is 11.5 Å². The summed E-state index contributed by atoms with van der Waals surface area (Å²) < 4.78 is 13.5. The van der Waals surface area contributed by atoms with Gasteiger partial charge in [-0.1, -0.05) is 48.5 Å². The first kappa shape index (κ1) is 19.1. The van der Waals surface area contributed by atoms with Gasteiger partial charge in [-0.25, -0.2) is 4.98 Å². The van der Waals surface area contributed by atoms with Gasteiger partial charge in [0.15, 0.2) is 0 Å². The van der Waals surface area contributed by atoms with E-state index in [1.807, 2.05) is 30.3 Å². The van der Waals surface area contributed by atoms with E-state index in [2.05, 4.69) is 53.1 Å². The molecule has 0 amide bonds. The largest absolute Gasteiger partial charge is 0.497 e. The molecule has 0 atom stereocenters. The van der Waals surface area contributed by atoms with Gasteiger partial charge in [0.05, 0.1) is 24.8 Å². The highest BCUT2D eigenvalue weighted by Gasteiger charge is 2.10. The highest BCUT2D eigenvalue weighted by Crippen LogP contribution is 2.20. The first-order chi connectivity index (χ1) is 14.3. The molecule has 4 rings (SSSR count). The van der Waals surface area contributed by atoms with Crippen LogP contribution in [0.4, 0.5) is 0 Å². The van der Waals surface area contributed by atoms with Gasteiger partial charge in [-0.2, -0.15) is 0 Å². The number of methoxy groups -OCH3 is 1. The summed E-state index contributed by atoms with van der Waals surface area (Å²) in [5, 5.41) is 0. The molecule has 0 radical (unpaired) electrons. The van der Waals surface area contributed by atoms with Crippen LogP contribution in [0, 0.1) is 0 Å². The zero-order chi connectivity index (χ0) is 19.9. The minimum absolute atomic E-state index is 0.651. The van der Waals surface area contributed by atoms with Crippen molar-refractivity contribution in [2.24, 2.45) is 0 Å². The fourth-order valence-corrected chi connectivity index (χ4v) is 3.57. The van der Waals surface area contributed by atoms with Gasteiger partial charge < -0.3 is 14.0 Å². The van der Waals surface area contributed by atoms with Gasteiger partial charge in [-0.05, 0) is 42.7 Å². The topological polar surface area (TPSA) is 36.3 Å². The third-order valence-electron chi connectivity index (χ3n) is 5.05. The molecular formula is C25H26N2O2. The molecule has 0 saturated heterocycles. The Morgan fingerprint density at radius 3 is 2.48 bits per heavy atom. The quantitative estimate of drug-likeness (QED) is 0.366. The number of rotatable bonds is 9. The second-order valence-electron chi connectivity index (χ2n) is 7.03. The van der Waals surface area contributed by atoms with Crippen LogP contribution in [0.25, 0.3) is 11.0 Å². The average Bonchev–Trinajstić information content (AvgIpc) is 3.13. The van der Waals surface area contributed by atoms with E-state index < -0.39 is 0 Å². The number of ether oxygens (including phenoxy) is 2. The second-order valence-corrected chi connectivity index (χ2v) is 7.03. The SMILES string of the molecule is COc1cccc(OCCCn2c(CCc3ccccc3)nc3ccccc32)c1. The number of imidazole rings is 1. The summed E-state index contributed by atoms with van der Waals surface area (Å²) in [6.07, 6.45) is 2.83. The van der Waals surface area contributed by atoms with Gasteiger partial charge in [0.1, 0.15) is 17.3 Å². The van der Waals surface area contributed by atoms with E-state index in [4.69, 9.17) is 14.5 Å². The highest BCUT2D eigenvalue weighted by atomic mass is 16.5. The van der Waals surface area contributed by atoms with Crippen molar-refractivity contribution in [3.8, 4) is 11.5 Å². The summed E-state index contributed by atoms with van der Waals surface area (Å²) in [5.41, 5.74) is 3.59. The van der Waals surface area contributed by atoms with E-state index >= 15 is 0 Å². The van der Waals surface area contributed by atoms with Crippen molar-refractivity contribution < 1.29 is 9.47 Å².